The van der Waals surface area contributed by atoms with Crippen LogP contribution in [0.3, 0.4) is 0 Å². The molecule has 0 spiro atoms. The molecule has 0 saturated heterocycles. The molecule has 2 heterocycles. The molecule has 38 heavy (non-hydrogen) atoms. The molecule has 1 unspecified atom stereocenters. The summed E-state index contributed by atoms with van der Waals surface area (Å²) in [6, 6.07) is 0. The second-order valence-electron chi connectivity index (χ2n) is 7.82. The molecule has 0 bridgehead atoms. The van der Waals surface area contributed by atoms with Gasteiger partial charge >= 0.3 is 0 Å². The predicted octanol–water partition coefficient (Wildman–Crippen LogP) is 6.61. The number of nitrogens with one attached hydrogen (secondary N) is 1. The molecular formula is C29H51N5O4. The van der Waals surface area contributed by atoms with Gasteiger partial charge in [0.1, 0.15) is 12.0 Å². The summed E-state index contributed by atoms with van der Waals surface area (Å²) in [5.41, 5.74) is 1.63. The third kappa shape index (κ3) is 13.3. The fourth-order valence-electron chi connectivity index (χ4n) is 3.46. The van der Waals surface area contributed by atoms with Gasteiger partial charge in [-0.05, 0) is 31.8 Å². The van der Waals surface area contributed by atoms with Gasteiger partial charge in [0.05, 0.1) is 32.3 Å². The molecule has 9 nitrogen and oxygen atoms in total. The van der Waals surface area contributed by atoms with Gasteiger partial charge in [-0.2, -0.15) is 0 Å². The number of carbonyl (C=O) groups is 2. The van der Waals surface area contributed by atoms with Crippen molar-refractivity contribution in [1.82, 2.24) is 19.3 Å². The van der Waals surface area contributed by atoms with Crippen LogP contribution in [0.5, 0.6) is 11.8 Å². The molecule has 0 amide bonds. The van der Waals surface area contributed by atoms with E-state index in [9.17, 15) is 9.59 Å². The van der Waals surface area contributed by atoms with Crippen LogP contribution in [0.1, 0.15) is 85.9 Å². The number of ether oxygens (including phenoxy) is 2. The van der Waals surface area contributed by atoms with E-state index in [0.29, 0.717) is 30.5 Å². The van der Waals surface area contributed by atoms with Gasteiger partial charge in [0.2, 0.25) is 5.88 Å². The van der Waals surface area contributed by atoms with Crippen molar-refractivity contribution in [2.24, 2.45) is 20.0 Å². The number of ketones is 1. The second kappa shape index (κ2) is 22.8. The van der Waals surface area contributed by atoms with E-state index in [4.69, 9.17) is 9.47 Å². The first-order valence-electron chi connectivity index (χ1n) is 13.5. The van der Waals surface area contributed by atoms with Crippen LogP contribution >= 0.6 is 0 Å². The summed E-state index contributed by atoms with van der Waals surface area (Å²) >= 11 is 0. The van der Waals surface area contributed by atoms with Crippen molar-refractivity contribution in [2.45, 2.75) is 80.1 Å². The smallest absolute Gasteiger partial charge is 0.256 e. The SMILES string of the molecule is C/C=C(/Nc1cn(C)nc1OC)c1ncc(OC)n1C.C=CC(=O)CCCC(CC)CCC=O.CC.CC. The number of aromatic nitrogens is 4. The summed E-state index contributed by atoms with van der Waals surface area (Å²) in [7, 11) is 6.94. The van der Waals surface area contributed by atoms with Crippen LogP contribution in [-0.4, -0.2) is 45.6 Å². The molecule has 9 heteroatoms. The Morgan fingerprint density at radius 2 is 1.82 bits per heavy atom. The number of carbonyl (C=O) groups excluding carboxylic acids is 2. The van der Waals surface area contributed by atoms with E-state index in [0.717, 1.165) is 49.2 Å². The van der Waals surface area contributed by atoms with Crippen molar-refractivity contribution in [1.29, 1.82) is 0 Å². The van der Waals surface area contributed by atoms with Crippen molar-refractivity contribution in [3.63, 3.8) is 0 Å². The second-order valence-corrected chi connectivity index (χ2v) is 7.82. The Balaban J connectivity index is 0. The molecule has 0 aliphatic rings. The summed E-state index contributed by atoms with van der Waals surface area (Å²) in [4.78, 5) is 25.5. The minimum absolute atomic E-state index is 0.121. The summed E-state index contributed by atoms with van der Waals surface area (Å²) in [5.74, 6) is 2.72. The third-order valence-electron chi connectivity index (χ3n) is 5.48. The zero-order chi connectivity index (χ0) is 29.5. The van der Waals surface area contributed by atoms with Crippen molar-refractivity contribution < 1.29 is 19.1 Å². The molecule has 1 atom stereocenters. The lowest BCUT2D eigenvalue weighted by Gasteiger charge is -2.11. The lowest BCUT2D eigenvalue weighted by atomic mass is 9.94. The van der Waals surface area contributed by atoms with Gasteiger partial charge in [-0.25, -0.2) is 4.98 Å². The molecule has 2 rings (SSSR count). The maximum atomic E-state index is 10.9. The molecule has 0 aliphatic heterocycles. The molecule has 0 aromatic carbocycles. The first-order valence-corrected chi connectivity index (χ1v) is 13.5. The molecule has 216 valence electrons. The zero-order valence-electron chi connectivity index (χ0n) is 25.3. The van der Waals surface area contributed by atoms with E-state index in [-0.39, 0.29) is 5.78 Å². The fourth-order valence-corrected chi connectivity index (χ4v) is 3.46. The van der Waals surface area contributed by atoms with Crippen LogP contribution in [0.4, 0.5) is 5.69 Å². The highest BCUT2D eigenvalue weighted by molar-refractivity contribution is 5.88. The standard InChI is InChI=1S/C13H19N5O2.C12H20O2.2C2H6/c1-6-9(12-14-7-11(19-4)18(12)3)15-10-8-17(2)16-13(10)20-5;1-3-11(8-6-10-13)7-5-9-12(14)4-2;2*1-2/h6-8,15H,1-5H3;4,10-11H,2-3,5-9H2,1H3;2*1-2H3/b9-6+;;;. The fraction of sp³-hybridized carbons (Fsp3) is 0.586. The van der Waals surface area contributed by atoms with E-state index in [1.165, 1.54) is 6.08 Å². The minimum Gasteiger partial charge on any atom is -0.481 e. The van der Waals surface area contributed by atoms with Gasteiger partial charge in [0.25, 0.3) is 5.88 Å². The van der Waals surface area contributed by atoms with E-state index in [2.05, 4.69) is 28.9 Å². The van der Waals surface area contributed by atoms with Gasteiger partial charge in [-0.1, -0.05) is 60.1 Å². The Morgan fingerprint density at radius 1 is 1.16 bits per heavy atom. The highest BCUT2D eigenvalue weighted by Gasteiger charge is 2.15. The van der Waals surface area contributed by atoms with Crippen molar-refractivity contribution in [3.05, 3.63) is 36.9 Å². The van der Waals surface area contributed by atoms with E-state index in [1.807, 2.05) is 65.6 Å². The average molecular weight is 534 g/mol. The van der Waals surface area contributed by atoms with Crippen LogP contribution in [0.15, 0.2) is 31.1 Å². The van der Waals surface area contributed by atoms with Crippen molar-refractivity contribution >= 4 is 23.5 Å². The van der Waals surface area contributed by atoms with E-state index < -0.39 is 0 Å². The number of aldehydes is 1. The van der Waals surface area contributed by atoms with Crippen LogP contribution in [-0.2, 0) is 23.7 Å². The Kier molecular flexibility index (Phi) is 22.1. The molecule has 0 radical (unpaired) electrons. The average Bonchev–Trinajstić information content (AvgIpc) is 3.52. The number of rotatable bonds is 14. The number of hydrogen-bond acceptors (Lipinski definition) is 7. The lowest BCUT2D eigenvalue weighted by Crippen LogP contribution is -2.06. The number of anilines is 1. The maximum absolute atomic E-state index is 10.9. The molecule has 2 aromatic heterocycles. The number of methoxy groups -OCH3 is 2. The van der Waals surface area contributed by atoms with Gasteiger partial charge < -0.3 is 19.6 Å². The van der Waals surface area contributed by atoms with Gasteiger partial charge in [0, 0.05) is 26.9 Å². The predicted molar refractivity (Wildman–Crippen MR) is 158 cm³/mol. The summed E-state index contributed by atoms with van der Waals surface area (Å²) in [5, 5.41) is 7.48. The first kappa shape index (κ1) is 36.8. The highest BCUT2D eigenvalue weighted by Crippen LogP contribution is 2.26. The number of imidazole rings is 1. The Labute approximate surface area is 230 Å². The van der Waals surface area contributed by atoms with Crippen LogP contribution in [0, 0.1) is 5.92 Å². The Hall–Kier alpha value is -3.36. The number of hydrogen-bond donors (Lipinski definition) is 1. The maximum Gasteiger partial charge on any atom is 0.256 e. The molecule has 0 fully saturated rings. The van der Waals surface area contributed by atoms with Crippen molar-refractivity contribution in [2.75, 3.05) is 19.5 Å². The monoisotopic (exact) mass is 533 g/mol. The molecule has 1 N–H and O–H groups in total. The number of aryl methyl sites for hydroxylation is 1. The molecule has 2 aromatic rings. The van der Waals surface area contributed by atoms with Gasteiger partial charge in [-0.3, -0.25) is 14.0 Å². The Morgan fingerprint density at radius 3 is 2.29 bits per heavy atom. The lowest BCUT2D eigenvalue weighted by molar-refractivity contribution is -0.114. The number of nitrogens with zero attached hydrogens (tertiary/aromatic N) is 4. The normalized spacial score (nSPS) is 10.8. The number of allylic oxidation sites excluding steroid dienone is 2. The van der Waals surface area contributed by atoms with E-state index >= 15 is 0 Å². The Bertz CT molecular complexity index is 947. The molecular weight excluding hydrogens is 482 g/mol. The quantitative estimate of drug-likeness (QED) is 0.215. The minimum atomic E-state index is 0.121. The summed E-state index contributed by atoms with van der Waals surface area (Å²) in [6.07, 6.45) is 13.1. The van der Waals surface area contributed by atoms with Crippen LogP contribution in [0.25, 0.3) is 5.70 Å². The largest absolute Gasteiger partial charge is 0.481 e. The highest BCUT2D eigenvalue weighted by atomic mass is 16.5. The summed E-state index contributed by atoms with van der Waals surface area (Å²) < 4.78 is 14.0. The molecule has 0 aliphatic carbocycles. The van der Waals surface area contributed by atoms with Gasteiger partial charge in [-0.15, -0.1) is 5.10 Å². The third-order valence-corrected chi connectivity index (χ3v) is 5.48. The van der Waals surface area contributed by atoms with Crippen molar-refractivity contribution in [3.8, 4) is 11.8 Å². The van der Waals surface area contributed by atoms with Crippen LogP contribution < -0.4 is 14.8 Å². The summed E-state index contributed by atoms with van der Waals surface area (Å²) in [6.45, 7) is 15.5. The van der Waals surface area contributed by atoms with E-state index in [1.54, 1.807) is 25.1 Å². The topological polar surface area (TPSA) is 100 Å². The van der Waals surface area contributed by atoms with Gasteiger partial charge in [0.15, 0.2) is 11.6 Å². The first-order chi connectivity index (χ1) is 18.3. The van der Waals surface area contributed by atoms with Crippen LogP contribution in [0.2, 0.25) is 0 Å². The zero-order valence-corrected chi connectivity index (χ0v) is 25.3. The molecule has 0 saturated carbocycles.